The zero-order valence-corrected chi connectivity index (χ0v) is 19.9. The molecule has 0 saturated carbocycles. The van der Waals surface area contributed by atoms with Crippen LogP contribution in [0.15, 0.2) is 66.7 Å². The van der Waals surface area contributed by atoms with E-state index in [0.717, 1.165) is 11.1 Å². The van der Waals surface area contributed by atoms with Crippen molar-refractivity contribution >= 4 is 18.0 Å². The molecule has 0 aliphatic rings. The Morgan fingerprint density at radius 3 is 2.03 bits per heavy atom. The Bertz CT molecular complexity index is 894. The average Bonchev–Trinajstić information content (AvgIpc) is 2.70. The summed E-state index contributed by atoms with van der Waals surface area (Å²) >= 11 is 0. The van der Waals surface area contributed by atoms with Gasteiger partial charge in [-0.15, -0.1) is 0 Å². The van der Waals surface area contributed by atoms with Crippen LogP contribution in [0, 0.1) is 17.3 Å². The van der Waals surface area contributed by atoms with Crippen molar-refractivity contribution < 1.29 is 19.4 Å². The van der Waals surface area contributed by atoms with Crippen molar-refractivity contribution in [3.05, 3.63) is 77.9 Å². The zero-order chi connectivity index (χ0) is 23.8. The molecule has 0 unspecified atom stereocenters. The summed E-state index contributed by atoms with van der Waals surface area (Å²) in [4.78, 5) is 26.3. The van der Waals surface area contributed by atoms with Crippen LogP contribution in [0.1, 0.15) is 58.6 Å². The Labute approximate surface area is 192 Å². The zero-order valence-electron chi connectivity index (χ0n) is 19.9. The molecular formula is C28H36O4. The van der Waals surface area contributed by atoms with Crippen molar-refractivity contribution in [2.45, 2.75) is 59.5 Å². The summed E-state index contributed by atoms with van der Waals surface area (Å²) in [6.45, 7) is 9.42. The minimum atomic E-state index is -1.28. The van der Waals surface area contributed by atoms with E-state index >= 15 is 0 Å². The summed E-state index contributed by atoms with van der Waals surface area (Å²) in [5.74, 6) is -2.15. The molecule has 1 N–H and O–H groups in total. The van der Waals surface area contributed by atoms with Crippen LogP contribution >= 0.6 is 0 Å². The van der Waals surface area contributed by atoms with Crippen molar-refractivity contribution in [1.29, 1.82) is 0 Å². The molecule has 0 aliphatic carbocycles. The van der Waals surface area contributed by atoms with E-state index < -0.39 is 28.9 Å². The molecule has 0 spiro atoms. The van der Waals surface area contributed by atoms with Crippen molar-refractivity contribution in [3.63, 3.8) is 0 Å². The van der Waals surface area contributed by atoms with Crippen LogP contribution in [0.4, 0.5) is 0 Å². The number of carbonyl (C=O) groups is 2. The monoisotopic (exact) mass is 436 g/mol. The molecule has 0 fully saturated rings. The summed E-state index contributed by atoms with van der Waals surface area (Å²) in [7, 11) is 0. The number of rotatable bonds is 10. The van der Waals surface area contributed by atoms with Gasteiger partial charge in [-0.1, -0.05) is 86.7 Å². The van der Waals surface area contributed by atoms with Gasteiger partial charge in [-0.2, -0.15) is 0 Å². The molecular weight excluding hydrogens is 400 g/mol. The standard InChI is InChI=1S/C28H36O4/c1-21(2)19-28(26(30)31,20-23-15-10-7-11-16-23)24(25(29)32-27(3,4)5)18-12-17-22-13-8-6-9-14-22/h6-17,21,24H,18-20H2,1-5H3,(H,30,31)/t24-,28-/m1/s1. The van der Waals surface area contributed by atoms with Gasteiger partial charge in [0.25, 0.3) is 0 Å². The summed E-state index contributed by atoms with van der Waals surface area (Å²) in [6.07, 6.45) is 4.76. The second-order valence-electron chi connectivity index (χ2n) is 9.86. The van der Waals surface area contributed by atoms with Crippen LogP contribution in [0.5, 0.6) is 0 Å². The van der Waals surface area contributed by atoms with Crippen LogP contribution in [-0.2, 0) is 20.7 Å². The number of aliphatic carboxylic acids is 1. The molecule has 0 radical (unpaired) electrons. The number of hydrogen-bond acceptors (Lipinski definition) is 3. The van der Waals surface area contributed by atoms with E-state index in [9.17, 15) is 14.7 Å². The van der Waals surface area contributed by atoms with Gasteiger partial charge in [0.05, 0.1) is 11.3 Å². The lowest BCUT2D eigenvalue weighted by molar-refractivity contribution is -0.174. The molecule has 0 aliphatic heterocycles. The molecule has 0 saturated heterocycles. The highest BCUT2D eigenvalue weighted by Crippen LogP contribution is 2.42. The lowest BCUT2D eigenvalue weighted by atomic mass is 9.65. The van der Waals surface area contributed by atoms with Crippen LogP contribution in [0.25, 0.3) is 6.08 Å². The van der Waals surface area contributed by atoms with E-state index in [1.807, 2.05) is 107 Å². The van der Waals surface area contributed by atoms with Crippen molar-refractivity contribution in [2.24, 2.45) is 17.3 Å². The highest BCUT2D eigenvalue weighted by Gasteiger charge is 2.50. The molecule has 0 aromatic heterocycles. The maximum absolute atomic E-state index is 13.4. The topological polar surface area (TPSA) is 63.6 Å². The number of benzene rings is 2. The Balaban J connectivity index is 2.51. The van der Waals surface area contributed by atoms with Gasteiger partial charge in [0.2, 0.25) is 0 Å². The lowest BCUT2D eigenvalue weighted by Gasteiger charge is -2.38. The van der Waals surface area contributed by atoms with Gasteiger partial charge in [-0.3, -0.25) is 9.59 Å². The molecule has 4 nitrogen and oxygen atoms in total. The van der Waals surface area contributed by atoms with Gasteiger partial charge < -0.3 is 9.84 Å². The quantitative estimate of drug-likeness (QED) is 0.437. The first kappa shape index (κ1) is 25.4. The van der Waals surface area contributed by atoms with Gasteiger partial charge >= 0.3 is 11.9 Å². The first-order chi connectivity index (χ1) is 15.0. The molecule has 2 atom stereocenters. The summed E-state index contributed by atoms with van der Waals surface area (Å²) in [5, 5.41) is 10.5. The fourth-order valence-electron chi connectivity index (χ4n) is 4.16. The van der Waals surface area contributed by atoms with Crippen molar-refractivity contribution in [2.75, 3.05) is 0 Å². The molecule has 32 heavy (non-hydrogen) atoms. The number of hydrogen-bond donors (Lipinski definition) is 1. The maximum atomic E-state index is 13.4. The average molecular weight is 437 g/mol. The SMILES string of the molecule is CC(C)C[C@](Cc1ccccc1)(C(=O)O)[C@H](CC=Cc1ccccc1)C(=O)OC(C)(C)C. The van der Waals surface area contributed by atoms with Gasteiger partial charge in [-0.25, -0.2) is 0 Å². The first-order valence-corrected chi connectivity index (χ1v) is 11.3. The lowest BCUT2D eigenvalue weighted by Crippen LogP contribution is -2.47. The van der Waals surface area contributed by atoms with Crippen molar-refractivity contribution in [3.8, 4) is 0 Å². The third kappa shape index (κ3) is 7.37. The normalized spacial score (nSPS) is 14.8. The van der Waals surface area contributed by atoms with Crippen molar-refractivity contribution in [1.82, 2.24) is 0 Å². The van der Waals surface area contributed by atoms with Crippen LogP contribution in [0.3, 0.4) is 0 Å². The number of carboxylic acids is 1. The molecule has 0 bridgehead atoms. The minimum absolute atomic E-state index is 0.0952. The molecule has 0 heterocycles. The maximum Gasteiger partial charge on any atom is 0.310 e. The second-order valence-corrected chi connectivity index (χ2v) is 9.86. The first-order valence-electron chi connectivity index (χ1n) is 11.3. The number of esters is 1. The number of ether oxygens (including phenoxy) is 1. The molecule has 172 valence electrons. The third-order valence-corrected chi connectivity index (χ3v) is 5.40. The van der Waals surface area contributed by atoms with E-state index in [-0.39, 0.29) is 18.8 Å². The summed E-state index contributed by atoms with van der Waals surface area (Å²) in [6, 6.07) is 19.3. The molecule has 4 heteroatoms. The molecule has 2 aromatic carbocycles. The third-order valence-electron chi connectivity index (χ3n) is 5.40. The summed E-state index contributed by atoms with van der Waals surface area (Å²) < 4.78 is 5.74. The highest BCUT2D eigenvalue weighted by atomic mass is 16.6. The second kappa shape index (κ2) is 11.1. The molecule has 2 rings (SSSR count). The minimum Gasteiger partial charge on any atom is -0.481 e. The smallest absolute Gasteiger partial charge is 0.310 e. The molecule has 2 aromatic rings. The van der Waals surface area contributed by atoms with E-state index in [0.29, 0.717) is 6.42 Å². The number of carboxylic acid groups (broad SMARTS) is 1. The molecule has 0 amide bonds. The van der Waals surface area contributed by atoms with Gasteiger partial charge in [0.1, 0.15) is 5.60 Å². The van der Waals surface area contributed by atoms with Gasteiger partial charge in [0, 0.05) is 0 Å². The fraction of sp³-hybridized carbons (Fsp3) is 0.429. The van der Waals surface area contributed by atoms with E-state index in [1.165, 1.54) is 0 Å². The van der Waals surface area contributed by atoms with Crippen LogP contribution in [-0.4, -0.2) is 22.6 Å². The Morgan fingerprint density at radius 1 is 0.969 bits per heavy atom. The fourth-order valence-corrected chi connectivity index (χ4v) is 4.16. The Morgan fingerprint density at radius 2 is 1.53 bits per heavy atom. The van der Waals surface area contributed by atoms with E-state index in [2.05, 4.69) is 0 Å². The predicted octanol–water partition coefficient (Wildman–Crippen LogP) is 6.41. The predicted molar refractivity (Wildman–Crippen MR) is 129 cm³/mol. The van der Waals surface area contributed by atoms with Gasteiger partial charge in [-0.05, 0) is 57.1 Å². The Kier molecular flexibility index (Phi) is 8.82. The van der Waals surface area contributed by atoms with E-state index in [1.54, 1.807) is 0 Å². The highest BCUT2D eigenvalue weighted by molar-refractivity contribution is 5.85. The number of allylic oxidation sites excluding steroid dienone is 1. The van der Waals surface area contributed by atoms with E-state index in [4.69, 9.17) is 4.74 Å². The van der Waals surface area contributed by atoms with Crippen LogP contribution in [0.2, 0.25) is 0 Å². The van der Waals surface area contributed by atoms with Gasteiger partial charge in [0.15, 0.2) is 0 Å². The number of carbonyl (C=O) groups excluding carboxylic acids is 1. The summed E-state index contributed by atoms with van der Waals surface area (Å²) in [5.41, 5.74) is -0.0777. The Hall–Kier alpha value is -2.88. The largest absolute Gasteiger partial charge is 0.481 e. The van der Waals surface area contributed by atoms with Crippen LogP contribution < -0.4 is 0 Å².